The molecule has 0 bridgehead atoms. The predicted octanol–water partition coefficient (Wildman–Crippen LogP) is 5.74. The number of carbonyl (C=O) groups is 1. The van der Waals surface area contributed by atoms with Gasteiger partial charge in [-0.15, -0.1) is 17.5 Å². The largest absolute Gasteiger partial charge is 0.493 e. The molecule has 0 aliphatic carbocycles. The molecule has 4 aromatic rings. The summed E-state index contributed by atoms with van der Waals surface area (Å²) in [6.07, 6.45) is 3.51. The summed E-state index contributed by atoms with van der Waals surface area (Å²) in [5.41, 5.74) is 13.6. The Balaban J connectivity index is 0.00000529. The van der Waals surface area contributed by atoms with Crippen molar-refractivity contribution in [1.82, 2.24) is 15.0 Å². The van der Waals surface area contributed by atoms with Crippen molar-refractivity contribution in [1.29, 1.82) is 0 Å². The second-order valence-corrected chi connectivity index (χ2v) is 10.5. The number of ether oxygens (including phenoxy) is 2. The topological polar surface area (TPSA) is 143 Å². The minimum absolute atomic E-state index is 0. The lowest BCUT2D eigenvalue weighted by molar-refractivity contribution is -0.119. The molecule has 1 heterocycles. The number of hydrogen-bond donors (Lipinski definition) is 3. The van der Waals surface area contributed by atoms with Gasteiger partial charge in [-0.25, -0.2) is 9.07 Å². The van der Waals surface area contributed by atoms with Crippen molar-refractivity contribution in [3.05, 3.63) is 90.5 Å². The number of aromatic nitrogens is 3. The molecule has 12 heteroatoms. The molecule has 0 aliphatic heterocycles. The van der Waals surface area contributed by atoms with E-state index in [1.165, 1.54) is 22.9 Å². The first-order valence-electron chi connectivity index (χ1n) is 14.3. The molecule has 0 radical (unpaired) electrons. The normalized spacial score (nSPS) is 11.4. The Bertz CT molecular complexity index is 1520. The molecule has 0 spiro atoms. The molecule has 234 valence electrons. The number of carbonyl (C=O) groups excluding carboxylic acids is 1. The first-order chi connectivity index (χ1) is 20.8. The number of hydrogen-bond acceptors (Lipinski definition) is 6. The van der Waals surface area contributed by atoms with Crippen LogP contribution >= 0.6 is 12.4 Å². The summed E-state index contributed by atoms with van der Waals surface area (Å²) < 4.78 is 27.5. The van der Waals surface area contributed by atoms with Gasteiger partial charge in [0, 0.05) is 23.4 Å². The van der Waals surface area contributed by atoms with E-state index in [0.717, 1.165) is 23.3 Å². The van der Waals surface area contributed by atoms with E-state index in [9.17, 15) is 9.18 Å². The molecule has 0 unspecified atom stereocenters. The van der Waals surface area contributed by atoms with E-state index in [0.29, 0.717) is 49.0 Å². The zero-order valence-corrected chi connectivity index (χ0v) is 25.7. The Morgan fingerprint density at radius 1 is 0.977 bits per heavy atom. The molecule has 0 aliphatic rings. The van der Waals surface area contributed by atoms with Gasteiger partial charge in [0.25, 0.3) is 0 Å². The van der Waals surface area contributed by atoms with Crippen LogP contribution < -0.4 is 26.3 Å². The van der Waals surface area contributed by atoms with E-state index in [2.05, 4.69) is 34.5 Å². The van der Waals surface area contributed by atoms with E-state index in [1.807, 2.05) is 48.5 Å². The number of nitrogens with zero attached hydrogens (tertiary/aromatic N) is 4. The lowest BCUT2D eigenvalue weighted by atomic mass is 10.0. The molecule has 1 atom stereocenters. The minimum Gasteiger partial charge on any atom is -0.493 e. The van der Waals surface area contributed by atoms with Gasteiger partial charge in [0.1, 0.15) is 35.7 Å². The predicted molar refractivity (Wildman–Crippen MR) is 172 cm³/mol. The lowest BCUT2D eigenvalue weighted by Crippen LogP contribution is -2.27. The number of guanidine groups is 1. The van der Waals surface area contributed by atoms with Gasteiger partial charge in [-0.1, -0.05) is 61.5 Å². The van der Waals surface area contributed by atoms with Gasteiger partial charge in [-0.2, -0.15) is 0 Å². The molecule has 0 fully saturated rings. The fourth-order valence-corrected chi connectivity index (χ4v) is 4.39. The summed E-state index contributed by atoms with van der Waals surface area (Å²) >= 11 is 0. The number of amides is 1. The molecule has 0 saturated carbocycles. The number of para-hydroxylation sites is 2. The SMILES string of the molecule is CC(C)CCOc1ccccc1-c1ccccc1OCc1cn([C@H](CCCN=C(N)N)C(=O)Nc2cccc(F)c2)nn1.Cl. The van der Waals surface area contributed by atoms with Gasteiger partial charge >= 0.3 is 0 Å². The molecular formula is C32H39ClFN7O3. The number of nitrogens with two attached hydrogens (primary N) is 2. The average Bonchev–Trinajstić information content (AvgIpc) is 3.45. The summed E-state index contributed by atoms with van der Waals surface area (Å²) in [6, 6.07) is 20.6. The van der Waals surface area contributed by atoms with E-state index < -0.39 is 11.9 Å². The quantitative estimate of drug-likeness (QED) is 0.0870. The second kappa shape index (κ2) is 16.9. The maximum atomic E-state index is 13.7. The maximum Gasteiger partial charge on any atom is 0.249 e. The van der Waals surface area contributed by atoms with Crippen LogP contribution in [-0.2, 0) is 11.4 Å². The van der Waals surface area contributed by atoms with Crippen LogP contribution in [0.25, 0.3) is 11.1 Å². The summed E-state index contributed by atoms with van der Waals surface area (Å²) in [5, 5.41) is 11.2. The fraction of sp³-hybridized carbons (Fsp3) is 0.312. The van der Waals surface area contributed by atoms with Crippen LogP contribution in [0.3, 0.4) is 0 Å². The molecule has 4 rings (SSSR count). The number of halogens is 2. The van der Waals surface area contributed by atoms with Crippen LogP contribution in [0.4, 0.5) is 10.1 Å². The van der Waals surface area contributed by atoms with Gasteiger partial charge in [0.15, 0.2) is 5.96 Å². The van der Waals surface area contributed by atoms with E-state index in [1.54, 1.807) is 12.3 Å². The van der Waals surface area contributed by atoms with E-state index >= 15 is 0 Å². The van der Waals surface area contributed by atoms with Crippen LogP contribution in [0, 0.1) is 11.7 Å². The standard InChI is InChI=1S/C32H38FN7O3.ClH/c1-22(2)16-18-42-29-14-5-3-11-26(29)27-12-4-6-15-30(27)43-21-25-20-40(39-38-25)28(13-8-17-36-32(34)35)31(41)37-24-10-7-9-23(33)19-24;/h3-7,9-12,14-15,19-20,22,28H,8,13,16-18,21H2,1-2H3,(H,37,41)(H4,34,35,36);1H/t28-;/m1./s1. The molecule has 1 amide bonds. The van der Waals surface area contributed by atoms with Gasteiger partial charge in [-0.3, -0.25) is 9.79 Å². The van der Waals surface area contributed by atoms with Crippen molar-refractivity contribution < 1.29 is 18.7 Å². The van der Waals surface area contributed by atoms with Crippen molar-refractivity contribution in [2.75, 3.05) is 18.5 Å². The number of benzene rings is 3. The second-order valence-electron chi connectivity index (χ2n) is 10.5. The highest BCUT2D eigenvalue weighted by molar-refractivity contribution is 5.93. The Labute approximate surface area is 263 Å². The maximum absolute atomic E-state index is 13.7. The van der Waals surface area contributed by atoms with Crippen LogP contribution in [-0.4, -0.2) is 40.0 Å². The molecular weight excluding hydrogens is 585 g/mol. The van der Waals surface area contributed by atoms with E-state index in [-0.39, 0.29) is 30.9 Å². The van der Waals surface area contributed by atoms with Crippen molar-refractivity contribution in [2.45, 2.75) is 45.8 Å². The zero-order chi connectivity index (χ0) is 30.6. The lowest BCUT2D eigenvalue weighted by Gasteiger charge is -2.16. The van der Waals surface area contributed by atoms with Crippen molar-refractivity contribution in [3.8, 4) is 22.6 Å². The monoisotopic (exact) mass is 623 g/mol. The molecule has 44 heavy (non-hydrogen) atoms. The number of aliphatic imine (C=N–C) groups is 1. The third-order valence-electron chi connectivity index (χ3n) is 6.59. The summed E-state index contributed by atoms with van der Waals surface area (Å²) in [5.74, 6) is 1.15. The number of anilines is 1. The zero-order valence-electron chi connectivity index (χ0n) is 24.9. The van der Waals surface area contributed by atoms with Crippen molar-refractivity contribution in [3.63, 3.8) is 0 Å². The molecule has 10 nitrogen and oxygen atoms in total. The summed E-state index contributed by atoms with van der Waals surface area (Å²) in [7, 11) is 0. The highest BCUT2D eigenvalue weighted by Crippen LogP contribution is 2.36. The third-order valence-corrected chi connectivity index (χ3v) is 6.59. The van der Waals surface area contributed by atoms with Crippen LogP contribution in [0.1, 0.15) is 44.8 Å². The smallest absolute Gasteiger partial charge is 0.249 e. The molecule has 1 aromatic heterocycles. The Kier molecular flexibility index (Phi) is 13.0. The Morgan fingerprint density at radius 3 is 2.32 bits per heavy atom. The van der Waals surface area contributed by atoms with Gasteiger partial charge in [0.05, 0.1) is 12.8 Å². The molecule has 0 saturated heterocycles. The van der Waals surface area contributed by atoms with Crippen molar-refractivity contribution >= 4 is 30.0 Å². The Hall–Kier alpha value is -4.64. The van der Waals surface area contributed by atoms with Crippen LogP contribution in [0.5, 0.6) is 11.5 Å². The first-order valence-corrected chi connectivity index (χ1v) is 14.3. The van der Waals surface area contributed by atoms with Gasteiger partial charge in [0.2, 0.25) is 5.91 Å². The fourth-order valence-electron chi connectivity index (χ4n) is 4.39. The van der Waals surface area contributed by atoms with E-state index in [4.69, 9.17) is 20.9 Å². The molecule has 5 N–H and O–H groups in total. The third kappa shape index (κ3) is 9.98. The van der Waals surface area contributed by atoms with Crippen LogP contribution in [0.15, 0.2) is 84.0 Å². The number of rotatable bonds is 15. The van der Waals surface area contributed by atoms with Crippen molar-refractivity contribution in [2.24, 2.45) is 22.4 Å². The van der Waals surface area contributed by atoms with Gasteiger partial charge < -0.3 is 26.3 Å². The minimum atomic E-state index is -0.735. The Morgan fingerprint density at radius 2 is 1.66 bits per heavy atom. The summed E-state index contributed by atoms with van der Waals surface area (Å²) in [6.45, 7) is 5.43. The number of nitrogens with one attached hydrogen (secondary N) is 1. The first kappa shape index (κ1) is 33.9. The molecule has 3 aromatic carbocycles. The average molecular weight is 624 g/mol. The van der Waals surface area contributed by atoms with Gasteiger partial charge in [-0.05, 0) is 55.5 Å². The highest BCUT2D eigenvalue weighted by atomic mass is 35.5. The highest BCUT2D eigenvalue weighted by Gasteiger charge is 2.23. The summed E-state index contributed by atoms with van der Waals surface area (Å²) in [4.78, 5) is 17.2. The van der Waals surface area contributed by atoms with Crippen LogP contribution in [0.2, 0.25) is 0 Å².